The van der Waals surface area contributed by atoms with Crippen LogP contribution in [0.1, 0.15) is 71.3 Å². The van der Waals surface area contributed by atoms with Crippen LogP contribution in [0.5, 0.6) is 0 Å². The molecule has 0 atom stereocenters. The lowest BCUT2D eigenvalue weighted by Crippen LogP contribution is -2.37. The van der Waals surface area contributed by atoms with E-state index in [2.05, 4.69) is 49.8 Å². The maximum absolute atomic E-state index is 4.84. The molecule has 1 aliphatic rings. The average molecular weight is 290 g/mol. The molecule has 0 bridgehead atoms. The third-order valence-electron chi connectivity index (χ3n) is 3.86. The minimum absolute atomic E-state index is 0.0993. The monoisotopic (exact) mass is 290 g/mol. The highest BCUT2D eigenvalue weighted by Gasteiger charge is 2.19. The lowest BCUT2D eigenvalue weighted by molar-refractivity contribution is 0.420. The Hall–Kier alpha value is -1.16. The molecule has 0 aliphatic carbocycles. The van der Waals surface area contributed by atoms with Crippen LogP contribution in [0.25, 0.3) is 0 Å². The van der Waals surface area contributed by atoms with Crippen molar-refractivity contribution in [1.29, 1.82) is 0 Å². The van der Waals surface area contributed by atoms with E-state index in [1.54, 1.807) is 0 Å². The van der Waals surface area contributed by atoms with Gasteiger partial charge in [0.1, 0.15) is 5.82 Å². The number of nitrogens with one attached hydrogen (secondary N) is 1. The summed E-state index contributed by atoms with van der Waals surface area (Å²) in [7, 11) is 0. The molecule has 1 aliphatic heterocycles. The molecule has 0 spiro atoms. The number of aromatic nitrogens is 2. The highest BCUT2D eigenvalue weighted by molar-refractivity contribution is 5.49. The molecule has 1 saturated heterocycles. The molecule has 0 amide bonds. The van der Waals surface area contributed by atoms with Gasteiger partial charge >= 0.3 is 0 Å². The molecule has 2 heterocycles. The first-order valence-electron chi connectivity index (χ1n) is 8.22. The van der Waals surface area contributed by atoms with Crippen molar-refractivity contribution in [3.05, 3.63) is 17.7 Å². The fourth-order valence-electron chi connectivity index (χ4n) is 2.58. The van der Waals surface area contributed by atoms with E-state index in [-0.39, 0.29) is 5.54 Å². The highest BCUT2D eigenvalue weighted by atomic mass is 15.2. The summed E-state index contributed by atoms with van der Waals surface area (Å²) >= 11 is 0. The second-order valence-corrected chi connectivity index (χ2v) is 7.37. The molecule has 1 aromatic rings. The van der Waals surface area contributed by atoms with E-state index in [1.165, 1.54) is 24.9 Å². The summed E-state index contributed by atoms with van der Waals surface area (Å²) in [5.74, 6) is 1.32. The van der Waals surface area contributed by atoms with Crippen molar-refractivity contribution in [3.8, 4) is 0 Å². The van der Waals surface area contributed by atoms with Crippen molar-refractivity contribution < 1.29 is 0 Å². The summed E-state index contributed by atoms with van der Waals surface area (Å²) < 4.78 is 0. The molecule has 4 nitrogen and oxygen atoms in total. The van der Waals surface area contributed by atoms with E-state index in [0.29, 0.717) is 5.92 Å². The van der Waals surface area contributed by atoms with E-state index in [0.717, 1.165) is 31.2 Å². The molecule has 1 aromatic heterocycles. The van der Waals surface area contributed by atoms with Crippen LogP contribution in [0, 0.1) is 0 Å². The van der Waals surface area contributed by atoms with Crippen LogP contribution in [-0.2, 0) is 6.54 Å². The maximum Gasteiger partial charge on any atom is 0.131 e. The van der Waals surface area contributed by atoms with Crippen LogP contribution in [0.3, 0.4) is 0 Å². The molecule has 0 aromatic carbocycles. The minimum atomic E-state index is 0.0993. The SMILES string of the molecule is CC(C)c1ncc(N2CCCCC2)c(CNC(C)(C)C)n1. The van der Waals surface area contributed by atoms with Crippen molar-refractivity contribution in [1.82, 2.24) is 15.3 Å². The van der Waals surface area contributed by atoms with Gasteiger partial charge in [0.2, 0.25) is 0 Å². The number of anilines is 1. The number of piperidine rings is 1. The summed E-state index contributed by atoms with van der Waals surface area (Å²) in [6.45, 7) is 13.9. The molecule has 118 valence electrons. The Balaban J connectivity index is 2.24. The predicted molar refractivity (Wildman–Crippen MR) is 88.8 cm³/mol. The van der Waals surface area contributed by atoms with Gasteiger partial charge in [-0.1, -0.05) is 13.8 Å². The molecule has 2 rings (SSSR count). The fourth-order valence-corrected chi connectivity index (χ4v) is 2.58. The van der Waals surface area contributed by atoms with Crippen LogP contribution in [0.4, 0.5) is 5.69 Å². The van der Waals surface area contributed by atoms with Gasteiger partial charge in [0.05, 0.1) is 17.6 Å². The second kappa shape index (κ2) is 6.73. The predicted octanol–water partition coefficient (Wildman–Crippen LogP) is 3.48. The third-order valence-corrected chi connectivity index (χ3v) is 3.86. The van der Waals surface area contributed by atoms with E-state index in [1.807, 2.05) is 6.20 Å². The summed E-state index contributed by atoms with van der Waals surface area (Å²) in [4.78, 5) is 11.9. The first-order chi connectivity index (χ1) is 9.87. The topological polar surface area (TPSA) is 41.1 Å². The molecule has 0 unspecified atom stereocenters. The Morgan fingerprint density at radius 3 is 2.43 bits per heavy atom. The zero-order valence-corrected chi connectivity index (χ0v) is 14.2. The lowest BCUT2D eigenvalue weighted by atomic mass is 10.1. The van der Waals surface area contributed by atoms with Crippen LogP contribution < -0.4 is 10.2 Å². The first kappa shape index (κ1) is 16.2. The first-order valence-corrected chi connectivity index (χ1v) is 8.22. The van der Waals surface area contributed by atoms with Gasteiger partial charge < -0.3 is 10.2 Å². The van der Waals surface area contributed by atoms with Crippen LogP contribution in [-0.4, -0.2) is 28.6 Å². The van der Waals surface area contributed by atoms with Gasteiger partial charge in [-0.2, -0.15) is 0 Å². The van der Waals surface area contributed by atoms with Crippen molar-refractivity contribution in [2.45, 2.75) is 71.9 Å². The summed E-state index contributed by atoms with van der Waals surface area (Å²) in [5.41, 5.74) is 2.46. The Bertz CT molecular complexity index is 456. The second-order valence-electron chi connectivity index (χ2n) is 7.37. The van der Waals surface area contributed by atoms with Crippen LogP contribution in [0.2, 0.25) is 0 Å². The summed E-state index contributed by atoms with van der Waals surface area (Å²) in [6.07, 6.45) is 5.93. The van der Waals surface area contributed by atoms with Gasteiger partial charge in [0.15, 0.2) is 0 Å². The quantitative estimate of drug-likeness (QED) is 0.921. The van der Waals surface area contributed by atoms with Crippen molar-refractivity contribution >= 4 is 5.69 Å². The molecule has 0 radical (unpaired) electrons. The zero-order valence-electron chi connectivity index (χ0n) is 14.2. The highest BCUT2D eigenvalue weighted by Crippen LogP contribution is 2.24. The smallest absolute Gasteiger partial charge is 0.131 e. The van der Waals surface area contributed by atoms with Gasteiger partial charge in [-0.25, -0.2) is 9.97 Å². The van der Waals surface area contributed by atoms with E-state index < -0.39 is 0 Å². The molecule has 1 N–H and O–H groups in total. The molecule has 4 heteroatoms. The zero-order chi connectivity index (χ0) is 15.5. The van der Waals surface area contributed by atoms with Crippen molar-refractivity contribution in [2.24, 2.45) is 0 Å². The summed E-state index contributed by atoms with van der Waals surface area (Å²) in [6, 6.07) is 0. The van der Waals surface area contributed by atoms with Gasteiger partial charge in [-0.05, 0) is 40.0 Å². The van der Waals surface area contributed by atoms with Crippen LogP contribution >= 0.6 is 0 Å². The Kier molecular flexibility index (Phi) is 5.20. The maximum atomic E-state index is 4.84. The molecular formula is C17H30N4. The van der Waals surface area contributed by atoms with E-state index in [4.69, 9.17) is 4.98 Å². The fraction of sp³-hybridized carbons (Fsp3) is 0.765. The third kappa shape index (κ3) is 4.67. The normalized spacial score (nSPS) is 16.6. The molecule has 21 heavy (non-hydrogen) atoms. The van der Waals surface area contributed by atoms with Crippen molar-refractivity contribution in [2.75, 3.05) is 18.0 Å². The standard InChI is InChI=1S/C17H30N4/c1-13(2)16-18-12-15(21-9-7-6-8-10-21)14(20-16)11-19-17(3,4)5/h12-13,19H,6-11H2,1-5H3. The molecule has 0 saturated carbocycles. The van der Waals surface area contributed by atoms with Gasteiger partial charge in [-0.15, -0.1) is 0 Å². The Morgan fingerprint density at radius 1 is 1.19 bits per heavy atom. The molecular weight excluding hydrogens is 260 g/mol. The Morgan fingerprint density at radius 2 is 1.86 bits per heavy atom. The van der Waals surface area contributed by atoms with Crippen LogP contribution in [0.15, 0.2) is 6.20 Å². The lowest BCUT2D eigenvalue weighted by Gasteiger charge is -2.31. The number of rotatable bonds is 4. The molecule has 1 fully saturated rings. The Labute approximate surface area is 129 Å². The van der Waals surface area contributed by atoms with Crippen molar-refractivity contribution in [3.63, 3.8) is 0 Å². The van der Waals surface area contributed by atoms with Gasteiger partial charge in [-0.3, -0.25) is 0 Å². The van der Waals surface area contributed by atoms with Gasteiger partial charge in [0, 0.05) is 31.1 Å². The van der Waals surface area contributed by atoms with E-state index >= 15 is 0 Å². The minimum Gasteiger partial charge on any atom is -0.369 e. The van der Waals surface area contributed by atoms with Gasteiger partial charge in [0.25, 0.3) is 0 Å². The number of hydrogen-bond donors (Lipinski definition) is 1. The van der Waals surface area contributed by atoms with E-state index in [9.17, 15) is 0 Å². The average Bonchev–Trinajstić information content (AvgIpc) is 2.45. The largest absolute Gasteiger partial charge is 0.369 e. The summed E-state index contributed by atoms with van der Waals surface area (Å²) in [5, 5.41) is 3.57. The number of hydrogen-bond acceptors (Lipinski definition) is 4. The number of nitrogens with zero attached hydrogens (tertiary/aromatic N) is 3.